The molecule has 0 spiro atoms. The Hall–Kier alpha value is -3.17. The Morgan fingerprint density at radius 3 is 2.72 bits per heavy atom. The average Bonchev–Trinajstić information content (AvgIpc) is 3.03. The highest BCUT2D eigenvalue weighted by Gasteiger charge is 2.14. The van der Waals surface area contributed by atoms with Crippen LogP contribution in [-0.2, 0) is 24.2 Å². The number of terminal acetylenes is 1. The molecule has 146 valence electrons. The van der Waals surface area contributed by atoms with Gasteiger partial charge in [0.15, 0.2) is 4.80 Å². The number of hydrogen-bond donors (Lipinski definition) is 1. The SMILES string of the molecule is C#CCn1c(=NC(=O)c2ccc3c(c2)CCCC3)sc2cc(NC(C)=O)ccc21. The number of aromatic nitrogens is 1. The Balaban J connectivity index is 1.76. The van der Waals surface area contributed by atoms with Crippen molar-refractivity contribution in [2.75, 3.05) is 5.32 Å². The van der Waals surface area contributed by atoms with Crippen LogP contribution in [0, 0.1) is 12.3 Å². The second kappa shape index (κ2) is 8.06. The van der Waals surface area contributed by atoms with E-state index in [1.807, 2.05) is 34.9 Å². The minimum atomic E-state index is -0.266. The van der Waals surface area contributed by atoms with Gasteiger partial charge in [-0.15, -0.1) is 6.42 Å². The van der Waals surface area contributed by atoms with Gasteiger partial charge >= 0.3 is 0 Å². The van der Waals surface area contributed by atoms with Crippen molar-refractivity contribution >= 4 is 39.1 Å². The normalized spacial score (nSPS) is 13.7. The molecule has 0 unspecified atom stereocenters. The van der Waals surface area contributed by atoms with Gasteiger partial charge in [-0.3, -0.25) is 9.59 Å². The first-order valence-electron chi connectivity index (χ1n) is 9.60. The van der Waals surface area contributed by atoms with Crippen molar-refractivity contribution in [2.45, 2.75) is 39.2 Å². The number of aryl methyl sites for hydroxylation is 2. The molecule has 0 saturated carbocycles. The summed E-state index contributed by atoms with van der Waals surface area (Å²) in [6.07, 6.45) is 10.0. The summed E-state index contributed by atoms with van der Waals surface area (Å²) in [4.78, 5) is 29.1. The fraction of sp³-hybridized carbons (Fsp3) is 0.261. The van der Waals surface area contributed by atoms with Crippen LogP contribution in [0.15, 0.2) is 41.4 Å². The molecule has 0 atom stereocenters. The molecule has 6 heteroatoms. The van der Waals surface area contributed by atoms with Gasteiger partial charge in [0.1, 0.15) is 0 Å². The molecule has 1 aliphatic carbocycles. The lowest BCUT2D eigenvalue weighted by molar-refractivity contribution is -0.114. The van der Waals surface area contributed by atoms with Crippen LogP contribution in [-0.4, -0.2) is 16.4 Å². The smallest absolute Gasteiger partial charge is 0.279 e. The summed E-state index contributed by atoms with van der Waals surface area (Å²) in [7, 11) is 0. The predicted molar refractivity (Wildman–Crippen MR) is 116 cm³/mol. The van der Waals surface area contributed by atoms with Crippen LogP contribution in [0.5, 0.6) is 0 Å². The molecule has 0 bridgehead atoms. The van der Waals surface area contributed by atoms with E-state index in [1.54, 1.807) is 0 Å². The highest BCUT2D eigenvalue weighted by molar-refractivity contribution is 7.16. The number of anilines is 1. The molecule has 1 aliphatic rings. The number of benzene rings is 2. The van der Waals surface area contributed by atoms with E-state index in [2.05, 4.69) is 22.3 Å². The van der Waals surface area contributed by atoms with E-state index >= 15 is 0 Å². The Bertz CT molecular complexity index is 1230. The highest BCUT2D eigenvalue weighted by Crippen LogP contribution is 2.24. The summed E-state index contributed by atoms with van der Waals surface area (Å²) < 4.78 is 2.76. The molecule has 1 heterocycles. The summed E-state index contributed by atoms with van der Waals surface area (Å²) in [5.74, 6) is 2.23. The van der Waals surface area contributed by atoms with Crippen molar-refractivity contribution < 1.29 is 9.59 Å². The summed E-state index contributed by atoms with van der Waals surface area (Å²) >= 11 is 1.39. The fourth-order valence-electron chi connectivity index (χ4n) is 3.70. The maximum atomic E-state index is 12.9. The molecule has 29 heavy (non-hydrogen) atoms. The number of fused-ring (bicyclic) bond motifs is 2. The first-order valence-corrected chi connectivity index (χ1v) is 10.4. The van der Waals surface area contributed by atoms with Crippen molar-refractivity contribution in [3.63, 3.8) is 0 Å². The maximum absolute atomic E-state index is 12.9. The third-order valence-corrected chi connectivity index (χ3v) is 6.09. The first-order chi connectivity index (χ1) is 14.0. The fourth-order valence-corrected chi connectivity index (χ4v) is 4.77. The molecule has 1 aromatic heterocycles. The number of hydrogen-bond acceptors (Lipinski definition) is 3. The molecular weight excluding hydrogens is 382 g/mol. The summed E-state index contributed by atoms with van der Waals surface area (Å²) in [5, 5.41) is 2.77. The van der Waals surface area contributed by atoms with Crippen molar-refractivity contribution in [1.29, 1.82) is 0 Å². The Morgan fingerprint density at radius 2 is 1.97 bits per heavy atom. The third-order valence-electron chi connectivity index (χ3n) is 5.05. The van der Waals surface area contributed by atoms with Gasteiger partial charge in [-0.1, -0.05) is 23.3 Å². The van der Waals surface area contributed by atoms with Crippen LogP contribution in [0.2, 0.25) is 0 Å². The predicted octanol–water partition coefficient (Wildman–Crippen LogP) is 3.91. The van der Waals surface area contributed by atoms with Crippen LogP contribution in [0.25, 0.3) is 10.2 Å². The third kappa shape index (κ3) is 4.01. The Labute approximate surface area is 173 Å². The minimum Gasteiger partial charge on any atom is -0.326 e. The minimum absolute atomic E-state index is 0.134. The maximum Gasteiger partial charge on any atom is 0.279 e. The van der Waals surface area contributed by atoms with E-state index in [1.165, 1.54) is 35.8 Å². The molecule has 0 aliphatic heterocycles. The van der Waals surface area contributed by atoms with Crippen molar-refractivity contribution in [3.8, 4) is 12.3 Å². The number of carbonyl (C=O) groups excluding carboxylic acids is 2. The Morgan fingerprint density at radius 1 is 1.17 bits per heavy atom. The lowest BCUT2D eigenvalue weighted by Crippen LogP contribution is -2.16. The lowest BCUT2D eigenvalue weighted by atomic mass is 9.90. The highest BCUT2D eigenvalue weighted by atomic mass is 32.1. The van der Waals surface area contributed by atoms with Crippen LogP contribution < -0.4 is 10.1 Å². The van der Waals surface area contributed by atoms with Crippen molar-refractivity contribution in [3.05, 3.63) is 57.9 Å². The van der Waals surface area contributed by atoms with Crippen LogP contribution >= 0.6 is 11.3 Å². The molecular formula is C23H21N3O2S. The number of amides is 2. The van der Waals surface area contributed by atoms with Crippen LogP contribution in [0.1, 0.15) is 41.3 Å². The molecule has 5 nitrogen and oxygen atoms in total. The van der Waals surface area contributed by atoms with E-state index < -0.39 is 0 Å². The van der Waals surface area contributed by atoms with Gasteiger partial charge in [-0.05, 0) is 67.1 Å². The molecule has 0 radical (unpaired) electrons. The molecule has 3 aromatic rings. The number of thiazole rings is 1. The Kier molecular flexibility index (Phi) is 5.32. The lowest BCUT2D eigenvalue weighted by Gasteiger charge is -2.15. The number of nitrogens with one attached hydrogen (secondary N) is 1. The monoisotopic (exact) mass is 403 g/mol. The zero-order valence-corrected chi connectivity index (χ0v) is 17.0. The molecule has 2 aromatic carbocycles. The quantitative estimate of drug-likeness (QED) is 0.674. The van der Waals surface area contributed by atoms with Gasteiger partial charge in [0.2, 0.25) is 5.91 Å². The van der Waals surface area contributed by atoms with Gasteiger partial charge in [0, 0.05) is 18.2 Å². The second-order valence-corrected chi connectivity index (χ2v) is 8.16. The van der Waals surface area contributed by atoms with Crippen molar-refractivity contribution in [2.24, 2.45) is 4.99 Å². The van der Waals surface area contributed by atoms with Crippen LogP contribution in [0.3, 0.4) is 0 Å². The summed E-state index contributed by atoms with van der Waals surface area (Å²) in [6, 6.07) is 11.5. The van der Waals surface area contributed by atoms with Gasteiger partial charge in [-0.25, -0.2) is 0 Å². The van der Waals surface area contributed by atoms with Gasteiger partial charge in [-0.2, -0.15) is 4.99 Å². The van der Waals surface area contributed by atoms with Crippen LogP contribution in [0.4, 0.5) is 5.69 Å². The largest absolute Gasteiger partial charge is 0.326 e. The van der Waals surface area contributed by atoms with E-state index in [0.717, 1.165) is 29.5 Å². The van der Waals surface area contributed by atoms with E-state index in [-0.39, 0.29) is 11.8 Å². The average molecular weight is 404 g/mol. The van der Waals surface area contributed by atoms with Gasteiger partial charge in [0.25, 0.3) is 5.91 Å². The van der Waals surface area contributed by atoms with Gasteiger partial charge < -0.3 is 9.88 Å². The molecule has 4 rings (SSSR count). The van der Waals surface area contributed by atoms with Crippen molar-refractivity contribution in [1.82, 2.24) is 4.57 Å². The molecule has 0 fully saturated rings. The first kappa shape index (κ1) is 19.2. The summed E-state index contributed by atoms with van der Waals surface area (Å²) in [5.41, 5.74) is 4.78. The molecule has 2 amide bonds. The van der Waals surface area contributed by atoms with E-state index in [0.29, 0.717) is 22.6 Å². The van der Waals surface area contributed by atoms with Gasteiger partial charge in [0.05, 0.1) is 16.8 Å². The van der Waals surface area contributed by atoms with E-state index in [9.17, 15) is 9.59 Å². The molecule has 0 saturated heterocycles. The molecule has 1 N–H and O–H groups in total. The zero-order valence-electron chi connectivity index (χ0n) is 16.2. The second-order valence-electron chi connectivity index (χ2n) is 7.15. The zero-order chi connectivity index (χ0) is 20.4. The van der Waals surface area contributed by atoms with E-state index in [4.69, 9.17) is 6.42 Å². The standard InChI is InChI=1S/C23H21N3O2S/c1-3-12-26-20-11-10-19(24-15(2)27)14-21(20)29-23(26)25-22(28)18-9-8-16-6-4-5-7-17(16)13-18/h1,8-11,13-14H,4-7,12H2,2H3,(H,24,27). The topological polar surface area (TPSA) is 63.5 Å². The number of rotatable bonds is 3. The number of nitrogens with zero attached hydrogens (tertiary/aromatic N) is 2. The number of carbonyl (C=O) groups is 2. The summed E-state index contributed by atoms with van der Waals surface area (Å²) in [6.45, 7) is 1.78.